The van der Waals surface area contributed by atoms with Crippen LogP contribution in [0.5, 0.6) is 0 Å². The van der Waals surface area contributed by atoms with Gasteiger partial charge in [0.05, 0.1) is 0 Å². The Bertz CT molecular complexity index is 337. The summed E-state index contributed by atoms with van der Waals surface area (Å²) in [6.07, 6.45) is 0. The van der Waals surface area contributed by atoms with Crippen LogP contribution in [0.25, 0.3) is 0 Å². The number of carboxylic acid groups (broad SMARTS) is 1. The van der Waals surface area contributed by atoms with Crippen LogP contribution in [-0.4, -0.2) is 16.1 Å². The van der Waals surface area contributed by atoms with Crippen molar-refractivity contribution in [3.05, 3.63) is 28.6 Å². The summed E-state index contributed by atoms with van der Waals surface area (Å²) in [6, 6.07) is 2.95. The van der Waals surface area contributed by atoms with E-state index in [4.69, 9.17) is 5.11 Å². The van der Waals surface area contributed by atoms with Crippen molar-refractivity contribution in [2.45, 2.75) is 20.8 Å². The van der Waals surface area contributed by atoms with E-state index >= 15 is 0 Å². The molecular formula is C9H10NO2W-. The third-order valence-electron chi connectivity index (χ3n) is 1.75. The average molecular weight is 348 g/mol. The summed E-state index contributed by atoms with van der Waals surface area (Å²) in [5, 5.41) is 8.70. The Balaban J connectivity index is 0.00000144. The molecule has 1 heterocycles. The molecule has 0 radical (unpaired) electrons. The number of hydrogen-bond acceptors (Lipinski definition) is 2. The predicted molar refractivity (Wildman–Crippen MR) is 44.2 cm³/mol. The summed E-state index contributed by atoms with van der Waals surface area (Å²) in [5.41, 5.74) is 2.30. The van der Waals surface area contributed by atoms with E-state index in [9.17, 15) is 4.79 Å². The molecule has 0 spiro atoms. The normalized spacial score (nSPS) is 9.15. The Hall–Kier alpha value is -0.692. The topological polar surface area (TPSA) is 50.2 Å². The van der Waals surface area contributed by atoms with Gasteiger partial charge >= 0.3 is 0 Å². The van der Waals surface area contributed by atoms with Crippen LogP contribution in [0.2, 0.25) is 0 Å². The molecule has 0 aliphatic carbocycles. The second kappa shape index (κ2) is 4.52. The average Bonchev–Trinajstić information content (AvgIpc) is 1.96. The molecule has 0 aliphatic rings. The van der Waals surface area contributed by atoms with Gasteiger partial charge in [-0.1, -0.05) is 26.5 Å². The molecule has 1 aromatic heterocycles. The molecule has 0 aliphatic heterocycles. The van der Waals surface area contributed by atoms with Crippen molar-refractivity contribution in [3.8, 4) is 0 Å². The second-order valence-corrected chi connectivity index (χ2v) is 2.73. The van der Waals surface area contributed by atoms with E-state index in [-0.39, 0.29) is 26.8 Å². The van der Waals surface area contributed by atoms with Crippen molar-refractivity contribution in [1.82, 2.24) is 4.98 Å². The van der Waals surface area contributed by atoms with Crippen LogP contribution in [0.4, 0.5) is 0 Å². The van der Waals surface area contributed by atoms with E-state index in [0.29, 0.717) is 5.56 Å². The van der Waals surface area contributed by atoms with E-state index in [0.717, 1.165) is 11.3 Å². The quantitative estimate of drug-likeness (QED) is 0.783. The van der Waals surface area contributed by atoms with Crippen LogP contribution in [0.15, 0.2) is 0 Å². The molecule has 1 aromatic rings. The first kappa shape index (κ1) is 12.3. The molecule has 0 atom stereocenters. The fraction of sp³-hybridized carbons (Fsp3) is 0.333. The maximum absolute atomic E-state index is 10.6. The number of aromatic nitrogens is 1. The summed E-state index contributed by atoms with van der Waals surface area (Å²) >= 11 is 0. The molecule has 0 aromatic carbocycles. The number of nitrogens with zero attached hydrogens (tertiary/aromatic N) is 1. The Kier molecular flexibility index (Phi) is 4.28. The Morgan fingerprint density at radius 2 is 1.85 bits per heavy atom. The minimum Gasteiger partial charge on any atom is -0.486 e. The first-order valence-corrected chi connectivity index (χ1v) is 3.62. The van der Waals surface area contributed by atoms with Gasteiger partial charge in [0, 0.05) is 26.8 Å². The first-order valence-electron chi connectivity index (χ1n) is 3.62. The van der Waals surface area contributed by atoms with Crippen LogP contribution in [0.3, 0.4) is 0 Å². The minimum atomic E-state index is -0.994. The van der Waals surface area contributed by atoms with Crippen LogP contribution >= 0.6 is 0 Å². The smallest absolute Gasteiger partial charge is 0.296 e. The molecule has 1 rings (SSSR count). The third-order valence-corrected chi connectivity index (χ3v) is 1.75. The Morgan fingerprint density at radius 3 is 2.31 bits per heavy atom. The molecule has 0 unspecified atom stereocenters. The number of hydrogen-bond donors (Lipinski definition) is 1. The molecule has 13 heavy (non-hydrogen) atoms. The van der Waals surface area contributed by atoms with Gasteiger partial charge in [-0.25, -0.2) is 0 Å². The summed E-state index contributed by atoms with van der Waals surface area (Å²) < 4.78 is 0. The van der Waals surface area contributed by atoms with Crippen molar-refractivity contribution in [2.75, 3.05) is 0 Å². The number of aromatic carboxylic acids is 1. The fourth-order valence-corrected chi connectivity index (χ4v) is 0.975. The van der Waals surface area contributed by atoms with Gasteiger partial charge in [-0.3, -0.25) is 4.79 Å². The van der Waals surface area contributed by atoms with Gasteiger partial charge in [-0.05, 0) is 0 Å². The molecule has 70 valence electrons. The van der Waals surface area contributed by atoms with Gasteiger partial charge in [-0.15, -0.1) is 11.1 Å². The van der Waals surface area contributed by atoms with E-state index in [2.05, 4.69) is 11.1 Å². The van der Waals surface area contributed by atoms with Crippen LogP contribution < -0.4 is 0 Å². The summed E-state index contributed by atoms with van der Waals surface area (Å²) in [4.78, 5) is 14.5. The van der Waals surface area contributed by atoms with E-state index < -0.39 is 5.97 Å². The van der Waals surface area contributed by atoms with E-state index in [1.807, 2.05) is 6.92 Å². The van der Waals surface area contributed by atoms with Gasteiger partial charge in [0.1, 0.15) is 0 Å². The molecule has 0 fully saturated rings. The molecule has 0 saturated heterocycles. The SMILES string of the molecule is Cc1[c-]c(C)c(C(=O)O)nc1C.[W]. The molecule has 3 nitrogen and oxygen atoms in total. The van der Waals surface area contributed by atoms with Gasteiger partial charge in [0.25, 0.3) is 5.97 Å². The summed E-state index contributed by atoms with van der Waals surface area (Å²) in [6.45, 7) is 5.33. The van der Waals surface area contributed by atoms with Crippen molar-refractivity contribution < 1.29 is 31.0 Å². The van der Waals surface area contributed by atoms with E-state index in [1.165, 1.54) is 0 Å². The Labute approximate surface area is 91.5 Å². The monoisotopic (exact) mass is 348 g/mol. The minimum absolute atomic E-state index is 0. The second-order valence-electron chi connectivity index (χ2n) is 2.73. The van der Waals surface area contributed by atoms with Crippen LogP contribution in [0, 0.1) is 26.8 Å². The molecule has 0 bridgehead atoms. The van der Waals surface area contributed by atoms with Crippen molar-refractivity contribution >= 4 is 5.97 Å². The first-order chi connectivity index (χ1) is 5.52. The van der Waals surface area contributed by atoms with Crippen molar-refractivity contribution in [2.24, 2.45) is 0 Å². The number of pyridine rings is 1. The number of carbonyl (C=O) groups is 1. The zero-order valence-corrected chi connectivity index (χ0v) is 10.6. The van der Waals surface area contributed by atoms with Gasteiger partial charge in [0.15, 0.2) is 0 Å². The number of aryl methyl sites for hydroxylation is 3. The molecule has 1 N–H and O–H groups in total. The van der Waals surface area contributed by atoms with Crippen molar-refractivity contribution in [3.63, 3.8) is 0 Å². The largest absolute Gasteiger partial charge is 0.486 e. The molecule has 0 amide bonds. The summed E-state index contributed by atoms with van der Waals surface area (Å²) in [7, 11) is 0. The summed E-state index contributed by atoms with van der Waals surface area (Å²) in [5.74, 6) is -0.994. The fourth-order valence-electron chi connectivity index (χ4n) is 0.975. The number of carboxylic acids is 1. The van der Waals surface area contributed by atoms with Gasteiger partial charge < -0.3 is 10.1 Å². The third kappa shape index (κ3) is 2.63. The number of rotatable bonds is 1. The molecule has 4 heteroatoms. The van der Waals surface area contributed by atoms with Gasteiger partial charge in [0.2, 0.25) is 0 Å². The predicted octanol–water partition coefficient (Wildman–Crippen LogP) is 1.50. The van der Waals surface area contributed by atoms with Gasteiger partial charge in [-0.2, -0.15) is 6.07 Å². The zero-order valence-electron chi connectivity index (χ0n) is 7.71. The maximum Gasteiger partial charge on any atom is 0.296 e. The Morgan fingerprint density at radius 1 is 1.31 bits per heavy atom. The van der Waals surface area contributed by atoms with Crippen molar-refractivity contribution in [1.29, 1.82) is 0 Å². The van der Waals surface area contributed by atoms with Crippen LogP contribution in [-0.2, 0) is 21.1 Å². The molecule has 0 saturated carbocycles. The standard InChI is InChI=1S/C9H10NO2.W/c1-5-4-6(2)8(9(11)12)10-7(5)3;/h1-3H3,(H,11,12);/q-1;. The van der Waals surface area contributed by atoms with E-state index in [1.54, 1.807) is 13.8 Å². The molecular weight excluding hydrogens is 338 g/mol. The maximum atomic E-state index is 10.6. The van der Waals surface area contributed by atoms with Crippen LogP contribution in [0.1, 0.15) is 27.3 Å². The zero-order chi connectivity index (χ0) is 9.30.